The summed E-state index contributed by atoms with van der Waals surface area (Å²) in [6.45, 7) is 0. The molecule has 2 aromatic heterocycles. The number of thiophene rings is 1. The molecule has 1 aliphatic carbocycles. The van der Waals surface area contributed by atoms with Crippen molar-refractivity contribution in [2.75, 3.05) is 0 Å². The van der Waals surface area contributed by atoms with Crippen LogP contribution in [0, 0.1) is 11.3 Å². The number of rotatable bonds is 3. The predicted octanol–water partition coefficient (Wildman–Crippen LogP) is 3.62. The van der Waals surface area contributed by atoms with E-state index >= 15 is 0 Å². The first-order valence-corrected chi connectivity index (χ1v) is 9.01. The van der Waals surface area contributed by atoms with Crippen LogP contribution in [0.3, 0.4) is 0 Å². The summed E-state index contributed by atoms with van der Waals surface area (Å²) in [5, 5.41) is 10.3. The molecule has 0 bridgehead atoms. The van der Waals surface area contributed by atoms with E-state index in [1.54, 1.807) is 18.2 Å². The molecule has 25 heavy (non-hydrogen) atoms. The summed E-state index contributed by atoms with van der Waals surface area (Å²) in [6, 6.07) is 8.57. The Morgan fingerprint density at radius 2 is 2.20 bits per heavy atom. The third-order valence-electron chi connectivity index (χ3n) is 4.34. The van der Waals surface area contributed by atoms with Crippen molar-refractivity contribution in [3.63, 3.8) is 0 Å². The molecule has 0 saturated carbocycles. The second-order valence-electron chi connectivity index (χ2n) is 5.95. The molecule has 1 N–H and O–H groups in total. The van der Waals surface area contributed by atoms with E-state index in [1.807, 2.05) is 12.1 Å². The molecule has 0 saturated heterocycles. The lowest BCUT2D eigenvalue weighted by Gasteiger charge is -2.08. The maximum atomic E-state index is 12.8. The van der Waals surface area contributed by atoms with Gasteiger partial charge < -0.3 is 4.98 Å². The lowest BCUT2D eigenvalue weighted by molar-refractivity contribution is 0.0980. The van der Waals surface area contributed by atoms with Gasteiger partial charge in [-0.1, -0.05) is 11.6 Å². The maximum absolute atomic E-state index is 12.8. The Morgan fingerprint density at radius 1 is 1.36 bits per heavy atom. The van der Waals surface area contributed by atoms with E-state index in [0.29, 0.717) is 20.8 Å². The number of benzene rings is 1. The molecular formula is C18H12ClN3O2S. The Hall–Kier alpha value is -2.49. The lowest BCUT2D eigenvalue weighted by atomic mass is 10.0. The van der Waals surface area contributed by atoms with Crippen LogP contribution >= 0.6 is 22.9 Å². The first-order valence-electron chi connectivity index (χ1n) is 7.81. The molecule has 1 atom stereocenters. The fourth-order valence-corrected chi connectivity index (χ4v) is 4.49. The maximum Gasteiger partial charge on any atom is 0.258 e. The number of hydrogen-bond donors (Lipinski definition) is 1. The first-order chi connectivity index (χ1) is 12.1. The van der Waals surface area contributed by atoms with E-state index < -0.39 is 11.5 Å². The van der Waals surface area contributed by atoms with Crippen molar-refractivity contribution in [1.29, 1.82) is 5.26 Å². The fourth-order valence-electron chi connectivity index (χ4n) is 3.10. The number of aromatic amines is 1. The molecule has 0 aliphatic heterocycles. The van der Waals surface area contributed by atoms with Crippen LogP contribution in [-0.2, 0) is 12.8 Å². The molecule has 1 aliphatic rings. The zero-order valence-electron chi connectivity index (χ0n) is 13.0. The van der Waals surface area contributed by atoms with E-state index in [9.17, 15) is 14.9 Å². The van der Waals surface area contributed by atoms with E-state index in [2.05, 4.69) is 9.97 Å². The van der Waals surface area contributed by atoms with Gasteiger partial charge in [0.15, 0.2) is 11.7 Å². The summed E-state index contributed by atoms with van der Waals surface area (Å²) in [6.07, 6.45) is 3.06. The largest absolute Gasteiger partial charge is 0.308 e. The smallest absolute Gasteiger partial charge is 0.258 e. The number of aryl methyl sites for hydroxylation is 2. The molecule has 0 radical (unpaired) electrons. The summed E-state index contributed by atoms with van der Waals surface area (Å²) in [7, 11) is 0. The standard InChI is InChI=1S/C18H12ClN3O2S/c19-10-4-5-11-13(7-10)21-17(22-18(11)24)12(8-20)16(23)15-6-9-2-1-3-14(9)25-15/h4-7,12H,1-3H2,(H,21,22,24)/t12-/m0/s1. The zero-order valence-corrected chi connectivity index (χ0v) is 14.6. The van der Waals surface area contributed by atoms with Gasteiger partial charge in [0.2, 0.25) is 0 Å². The molecule has 2 heterocycles. The minimum absolute atomic E-state index is 0.0563. The van der Waals surface area contributed by atoms with Crippen molar-refractivity contribution >= 4 is 39.6 Å². The van der Waals surface area contributed by atoms with Crippen LogP contribution in [0.25, 0.3) is 10.9 Å². The highest BCUT2D eigenvalue weighted by molar-refractivity contribution is 7.14. The predicted molar refractivity (Wildman–Crippen MR) is 96.4 cm³/mol. The highest BCUT2D eigenvalue weighted by atomic mass is 35.5. The molecule has 7 heteroatoms. The normalized spacial score (nSPS) is 14.2. The number of ketones is 1. The number of nitriles is 1. The van der Waals surface area contributed by atoms with Crippen LogP contribution in [-0.4, -0.2) is 15.8 Å². The molecule has 124 valence electrons. The molecular weight excluding hydrogens is 358 g/mol. The molecule has 0 fully saturated rings. The summed E-state index contributed by atoms with van der Waals surface area (Å²) in [4.78, 5) is 33.7. The van der Waals surface area contributed by atoms with E-state index in [0.717, 1.165) is 19.3 Å². The van der Waals surface area contributed by atoms with Gasteiger partial charge in [-0.2, -0.15) is 5.26 Å². The van der Waals surface area contributed by atoms with Gasteiger partial charge in [0.05, 0.1) is 21.8 Å². The monoisotopic (exact) mass is 369 g/mol. The van der Waals surface area contributed by atoms with Crippen LogP contribution < -0.4 is 5.56 Å². The number of H-pyrrole nitrogens is 1. The molecule has 0 amide bonds. The minimum atomic E-state index is -1.14. The van der Waals surface area contributed by atoms with E-state index in [1.165, 1.54) is 21.8 Å². The summed E-state index contributed by atoms with van der Waals surface area (Å²) in [5.41, 5.74) is 1.17. The number of halogens is 1. The van der Waals surface area contributed by atoms with Crippen LogP contribution in [0.5, 0.6) is 0 Å². The topological polar surface area (TPSA) is 86.6 Å². The van der Waals surface area contributed by atoms with Gasteiger partial charge in [-0.3, -0.25) is 9.59 Å². The molecule has 4 rings (SSSR count). The molecule has 5 nitrogen and oxygen atoms in total. The highest BCUT2D eigenvalue weighted by Gasteiger charge is 2.28. The van der Waals surface area contributed by atoms with E-state index in [-0.39, 0.29) is 11.6 Å². The second kappa shape index (κ2) is 6.10. The first kappa shape index (κ1) is 16.0. The van der Waals surface area contributed by atoms with Crippen LogP contribution in [0.2, 0.25) is 5.02 Å². The number of carbonyl (C=O) groups excluding carboxylic acids is 1. The van der Waals surface area contributed by atoms with Crippen molar-refractivity contribution in [2.45, 2.75) is 25.2 Å². The van der Waals surface area contributed by atoms with Crippen LogP contribution in [0.4, 0.5) is 0 Å². The van der Waals surface area contributed by atoms with Crippen LogP contribution in [0.1, 0.15) is 38.3 Å². The number of nitrogens with one attached hydrogen (secondary N) is 1. The fraction of sp³-hybridized carbons (Fsp3) is 0.222. The second-order valence-corrected chi connectivity index (χ2v) is 7.52. The van der Waals surface area contributed by atoms with Gasteiger partial charge in [-0.25, -0.2) is 4.98 Å². The van der Waals surface area contributed by atoms with Gasteiger partial charge in [-0.05, 0) is 49.1 Å². The number of Topliss-reactive ketones (excluding diaryl/α,β-unsaturated/α-hetero) is 1. The van der Waals surface area contributed by atoms with Crippen molar-refractivity contribution < 1.29 is 4.79 Å². The highest BCUT2D eigenvalue weighted by Crippen LogP contribution is 2.33. The summed E-state index contributed by atoms with van der Waals surface area (Å²) >= 11 is 7.39. The van der Waals surface area contributed by atoms with Gasteiger partial charge in [0.25, 0.3) is 5.56 Å². The van der Waals surface area contributed by atoms with Crippen molar-refractivity contribution in [3.8, 4) is 6.07 Å². The Bertz CT molecular complexity index is 1090. The van der Waals surface area contributed by atoms with E-state index in [4.69, 9.17) is 11.6 Å². The Balaban J connectivity index is 1.78. The zero-order chi connectivity index (χ0) is 17.6. The number of hydrogen-bond acceptors (Lipinski definition) is 5. The van der Waals surface area contributed by atoms with Gasteiger partial charge >= 0.3 is 0 Å². The summed E-state index contributed by atoms with van der Waals surface area (Å²) in [5.74, 6) is -1.41. The Morgan fingerprint density at radius 3 is 2.96 bits per heavy atom. The van der Waals surface area contributed by atoms with Crippen LogP contribution in [0.15, 0.2) is 29.1 Å². The number of aromatic nitrogens is 2. The quantitative estimate of drug-likeness (QED) is 0.714. The van der Waals surface area contributed by atoms with Crippen molar-refractivity contribution in [2.24, 2.45) is 0 Å². The average Bonchev–Trinajstić information content (AvgIpc) is 3.16. The average molecular weight is 370 g/mol. The number of carbonyl (C=O) groups is 1. The SMILES string of the molecule is N#C[C@@H](C(=O)c1cc2c(s1)CCC2)c1nc2cc(Cl)ccc2c(=O)[nH]1. The van der Waals surface area contributed by atoms with Gasteiger partial charge in [0, 0.05) is 9.90 Å². The summed E-state index contributed by atoms with van der Waals surface area (Å²) < 4.78 is 0. The minimum Gasteiger partial charge on any atom is -0.308 e. The third kappa shape index (κ3) is 2.76. The van der Waals surface area contributed by atoms with Crippen molar-refractivity contribution in [3.05, 3.63) is 60.8 Å². The van der Waals surface area contributed by atoms with Gasteiger partial charge in [-0.15, -0.1) is 11.3 Å². The van der Waals surface area contributed by atoms with Gasteiger partial charge in [0.1, 0.15) is 5.82 Å². The Labute approximate surface area is 151 Å². The third-order valence-corrected chi connectivity index (χ3v) is 5.83. The lowest BCUT2D eigenvalue weighted by Crippen LogP contribution is -2.19. The molecule has 1 aromatic carbocycles. The Kier molecular flexibility index (Phi) is 3.91. The molecule has 0 spiro atoms. The molecule has 0 unspecified atom stereocenters. The number of nitrogens with zero attached hydrogens (tertiary/aromatic N) is 2. The van der Waals surface area contributed by atoms with Crippen molar-refractivity contribution in [1.82, 2.24) is 9.97 Å². The number of fused-ring (bicyclic) bond motifs is 2. The molecule has 3 aromatic rings.